The van der Waals surface area contributed by atoms with Crippen LogP contribution in [0.1, 0.15) is 11.8 Å². The minimum Gasteiger partial charge on any atom is -0.506 e. The van der Waals surface area contributed by atoms with Gasteiger partial charge >= 0.3 is 5.97 Å². The molecule has 1 aliphatic heterocycles. The van der Waals surface area contributed by atoms with Crippen molar-refractivity contribution in [2.45, 2.75) is 6.92 Å². The summed E-state index contributed by atoms with van der Waals surface area (Å²) in [6.45, 7) is 1.84. The maximum Gasteiger partial charge on any atom is 0.344 e. The number of rotatable bonds is 5. The van der Waals surface area contributed by atoms with Crippen molar-refractivity contribution in [2.24, 2.45) is 4.99 Å². The highest BCUT2D eigenvalue weighted by molar-refractivity contribution is 8.18. The first-order chi connectivity index (χ1) is 13.0. The molecule has 0 spiro atoms. The Labute approximate surface area is 162 Å². The van der Waals surface area contributed by atoms with Gasteiger partial charge in [0.05, 0.1) is 22.1 Å². The zero-order chi connectivity index (χ0) is 19.4. The molecule has 0 bridgehead atoms. The molecule has 2 heterocycles. The Morgan fingerprint density at radius 1 is 1.33 bits per heavy atom. The first kappa shape index (κ1) is 18.9. The van der Waals surface area contributed by atoms with E-state index in [4.69, 9.17) is 4.74 Å². The van der Waals surface area contributed by atoms with E-state index in [1.54, 1.807) is 13.0 Å². The molecule has 0 radical (unpaired) electrons. The van der Waals surface area contributed by atoms with Crippen LogP contribution in [-0.4, -0.2) is 27.6 Å². The molecule has 3 rings (SSSR count). The third-order valence-corrected chi connectivity index (χ3v) is 5.32. The van der Waals surface area contributed by atoms with E-state index in [0.29, 0.717) is 10.6 Å². The molecule has 1 aromatic heterocycles. The van der Waals surface area contributed by atoms with Gasteiger partial charge in [-0.3, -0.25) is 10.1 Å². The lowest BCUT2D eigenvalue weighted by molar-refractivity contribution is -0.384. The highest BCUT2D eigenvalue weighted by Crippen LogP contribution is 2.40. The number of nitro benzene ring substituents is 1. The van der Waals surface area contributed by atoms with E-state index >= 15 is 0 Å². The number of thiophene rings is 1. The Balaban J connectivity index is 2.00. The topological polar surface area (TPSA) is 102 Å². The van der Waals surface area contributed by atoms with Crippen molar-refractivity contribution < 1.29 is 19.6 Å². The number of carbonyl (C=O) groups excluding carboxylic acids is 1. The molecule has 0 amide bonds. The Bertz CT molecular complexity index is 960. The van der Waals surface area contributed by atoms with Gasteiger partial charge in [-0.25, -0.2) is 9.79 Å². The Hall–Kier alpha value is -2.91. The van der Waals surface area contributed by atoms with E-state index in [1.165, 1.54) is 35.6 Å². The lowest BCUT2D eigenvalue weighted by Crippen LogP contribution is -2.12. The number of aliphatic hydroxyl groups is 1. The minimum atomic E-state index is -0.669. The Morgan fingerprint density at radius 2 is 2.07 bits per heavy atom. The molecule has 9 heteroatoms. The highest BCUT2D eigenvalue weighted by Gasteiger charge is 2.33. The molecular weight excluding hydrogens is 388 g/mol. The highest BCUT2D eigenvalue weighted by atomic mass is 32.2. The molecule has 0 atom stereocenters. The molecule has 0 fully saturated rings. The van der Waals surface area contributed by atoms with Gasteiger partial charge in [0.15, 0.2) is 0 Å². The monoisotopic (exact) mass is 402 g/mol. The van der Waals surface area contributed by atoms with Gasteiger partial charge in [0, 0.05) is 17.0 Å². The first-order valence-corrected chi connectivity index (χ1v) is 9.56. The quantitative estimate of drug-likeness (QED) is 0.436. The van der Waals surface area contributed by atoms with Gasteiger partial charge in [-0.15, -0.1) is 11.3 Å². The fourth-order valence-corrected chi connectivity index (χ4v) is 4.02. The molecule has 0 unspecified atom stereocenters. The van der Waals surface area contributed by atoms with Crippen LogP contribution >= 0.6 is 23.1 Å². The minimum absolute atomic E-state index is 0.0111. The number of benzene rings is 1. The molecule has 1 aromatic carbocycles. The number of thioether (sulfide) groups is 1. The summed E-state index contributed by atoms with van der Waals surface area (Å²) >= 11 is 2.64. The summed E-state index contributed by atoms with van der Waals surface area (Å²) in [6, 6.07) is 9.39. The van der Waals surface area contributed by atoms with E-state index < -0.39 is 10.9 Å². The zero-order valence-corrected chi connectivity index (χ0v) is 15.8. The SMILES string of the molecule is CCOC(=O)C1=C(O)C(=Cc2cccs2)SC1=Nc1ccc([N+](=O)[O-])cc1. The predicted octanol–water partition coefficient (Wildman–Crippen LogP) is 4.85. The van der Waals surface area contributed by atoms with Crippen molar-refractivity contribution in [1.82, 2.24) is 0 Å². The number of aliphatic imine (C=N–C) groups is 1. The van der Waals surface area contributed by atoms with E-state index in [2.05, 4.69) is 4.99 Å². The standard InChI is InChI=1S/C18H14N2O5S2/c1-2-25-18(22)15-16(21)14(10-13-4-3-9-26-13)27-17(15)19-11-5-7-12(8-6-11)20(23)24/h3-10,21H,2H2,1H3. The van der Waals surface area contributed by atoms with Crippen LogP contribution in [0.15, 0.2) is 63.0 Å². The van der Waals surface area contributed by atoms with E-state index in [0.717, 1.165) is 16.6 Å². The number of hydrogen-bond donors (Lipinski definition) is 1. The number of nitro groups is 1. The number of nitrogens with zero attached hydrogens (tertiary/aromatic N) is 2. The summed E-state index contributed by atoms with van der Waals surface area (Å²) in [7, 11) is 0. The third-order valence-electron chi connectivity index (χ3n) is 3.48. The molecule has 1 N–H and O–H groups in total. The van der Waals surface area contributed by atoms with E-state index in [-0.39, 0.29) is 28.7 Å². The molecule has 0 saturated heterocycles. The van der Waals surface area contributed by atoms with Gasteiger partial charge in [-0.05, 0) is 36.6 Å². The summed E-state index contributed by atoms with van der Waals surface area (Å²) in [5.41, 5.74) is 0.360. The van der Waals surface area contributed by atoms with Crippen LogP contribution in [0.5, 0.6) is 0 Å². The van der Waals surface area contributed by atoms with Gasteiger partial charge in [-0.1, -0.05) is 17.8 Å². The summed E-state index contributed by atoms with van der Waals surface area (Å²) in [4.78, 5) is 28.3. The molecule has 0 aliphatic carbocycles. The van der Waals surface area contributed by atoms with Crippen molar-refractivity contribution in [1.29, 1.82) is 0 Å². The van der Waals surface area contributed by atoms with Gasteiger partial charge in [0.25, 0.3) is 5.69 Å². The van der Waals surface area contributed by atoms with Crippen molar-refractivity contribution >= 4 is 51.6 Å². The predicted molar refractivity (Wildman–Crippen MR) is 106 cm³/mol. The van der Waals surface area contributed by atoms with Crippen molar-refractivity contribution in [2.75, 3.05) is 6.61 Å². The van der Waals surface area contributed by atoms with Crippen molar-refractivity contribution in [3.05, 3.63) is 73.0 Å². The second-order valence-corrected chi connectivity index (χ2v) is 7.27. The number of carbonyl (C=O) groups is 1. The van der Waals surface area contributed by atoms with Crippen molar-refractivity contribution in [3.63, 3.8) is 0 Å². The normalized spacial score (nSPS) is 16.9. The lowest BCUT2D eigenvalue weighted by Gasteiger charge is -2.03. The van der Waals surface area contributed by atoms with Crippen LogP contribution < -0.4 is 0 Å². The first-order valence-electron chi connectivity index (χ1n) is 7.87. The zero-order valence-electron chi connectivity index (χ0n) is 14.1. The summed E-state index contributed by atoms with van der Waals surface area (Å²) in [5, 5.41) is 23.5. The molecular formula is C18H14N2O5S2. The second kappa shape index (κ2) is 8.19. The average molecular weight is 402 g/mol. The maximum atomic E-state index is 12.3. The summed E-state index contributed by atoms with van der Waals surface area (Å²) in [5.74, 6) is -0.856. The van der Waals surface area contributed by atoms with Crippen LogP contribution in [0.4, 0.5) is 11.4 Å². The van der Waals surface area contributed by atoms with Crippen LogP contribution in [0.25, 0.3) is 6.08 Å². The molecule has 2 aromatic rings. The lowest BCUT2D eigenvalue weighted by atomic mass is 10.2. The number of hydrogen-bond acceptors (Lipinski definition) is 8. The Morgan fingerprint density at radius 3 is 2.67 bits per heavy atom. The maximum absolute atomic E-state index is 12.3. The Kier molecular flexibility index (Phi) is 5.72. The fourth-order valence-electron chi connectivity index (χ4n) is 2.26. The molecule has 7 nitrogen and oxygen atoms in total. The summed E-state index contributed by atoms with van der Waals surface area (Å²) < 4.78 is 5.03. The second-order valence-electron chi connectivity index (χ2n) is 5.26. The van der Waals surface area contributed by atoms with E-state index in [1.807, 2.05) is 17.5 Å². The van der Waals surface area contributed by atoms with Crippen molar-refractivity contribution in [3.8, 4) is 0 Å². The largest absolute Gasteiger partial charge is 0.506 e. The van der Waals surface area contributed by atoms with Crippen LogP contribution in [0.2, 0.25) is 0 Å². The number of ether oxygens (including phenoxy) is 1. The van der Waals surface area contributed by atoms with Gasteiger partial charge < -0.3 is 9.84 Å². The molecule has 0 saturated carbocycles. The third kappa shape index (κ3) is 4.26. The average Bonchev–Trinajstić information content (AvgIpc) is 3.24. The number of aliphatic hydroxyl groups excluding tert-OH is 1. The molecule has 138 valence electrons. The molecule has 27 heavy (non-hydrogen) atoms. The van der Waals surface area contributed by atoms with Gasteiger partial charge in [0.2, 0.25) is 0 Å². The van der Waals surface area contributed by atoms with E-state index in [9.17, 15) is 20.0 Å². The number of non-ortho nitro benzene ring substituents is 1. The number of esters is 1. The van der Waals surface area contributed by atoms with Crippen LogP contribution in [-0.2, 0) is 9.53 Å². The fraction of sp³-hybridized carbons (Fsp3) is 0.111. The summed E-state index contributed by atoms with van der Waals surface area (Å²) in [6.07, 6.45) is 1.77. The van der Waals surface area contributed by atoms with Crippen LogP contribution in [0, 0.1) is 10.1 Å². The molecule has 1 aliphatic rings. The smallest absolute Gasteiger partial charge is 0.344 e. The van der Waals surface area contributed by atoms with Gasteiger partial charge in [-0.2, -0.15) is 0 Å². The van der Waals surface area contributed by atoms with Gasteiger partial charge in [0.1, 0.15) is 16.4 Å². The van der Waals surface area contributed by atoms with Crippen LogP contribution in [0.3, 0.4) is 0 Å².